The molecule has 20 radical (unpaired) electrons. The molecule has 0 aromatic carbocycles. The second-order valence-corrected chi connectivity index (χ2v) is 9.57. The van der Waals surface area contributed by atoms with Crippen LogP contribution in [0.25, 0.3) is 11.1 Å². The van der Waals surface area contributed by atoms with Gasteiger partial charge < -0.3 is 0 Å². The average molecular weight is 730 g/mol. The van der Waals surface area contributed by atoms with E-state index in [9.17, 15) is 0 Å². The Labute approximate surface area is 281 Å². The van der Waals surface area contributed by atoms with Crippen molar-refractivity contribution in [2.45, 2.75) is 0 Å². The van der Waals surface area contributed by atoms with Gasteiger partial charge in [0, 0.05) is 44.9 Å². The van der Waals surface area contributed by atoms with Gasteiger partial charge in [0.2, 0.25) is 0 Å². The number of hydrogen-bond donors (Lipinski definition) is 0. The van der Waals surface area contributed by atoms with Gasteiger partial charge in [-0.2, -0.15) is 0 Å². The van der Waals surface area contributed by atoms with Crippen LogP contribution in [0, 0.1) is 151 Å². The number of aromatic nitrogens is 2. The van der Waals surface area contributed by atoms with Gasteiger partial charge in [0.25, 0.3) is 0 Å². The van der Waals surface area contributed by atoms with E-state index in [0.29, 0.717) is 0 Å². The van der Waals surface area contributed by atoms with Gasteiger partial charge in [-0.3, -0.25) is 9.97 Å². The van der Waals surface area contributed by atoms with E-state index in [2.05, 4.69) is 65.5 Å². The summed E-state index contributed by atoms with van der Waals surface area (Å²) in [5, 5.41) is 0. The Morgan fingerprint density at radius 2 is 0.700 bits per heavy atom. The average Bonchev–Trinajstić information content (AvgIpc) is 3.76. The van der Waals surface area contributed by atoms with Crippen LogP contribution < -0.4 is 0 Å². The Balaban J connectivity index is 0.000000392. The molecule has 0 saturated heterocycles. The molecule has 4 aliphatic rings. The van der Waals surface area contributed by atoms with E-state index in [1.807, 2.05) is 116 Å². The second-order valence-electron chi connectivity index (χ2n) is 7.86. The van der Waals surface area contributed by atoms with Crippen molar-refractivity contribution >= 4 is 31.9 Å². The van der Waals surface area contributed by atoms with Crippen LogP contribution in [0.15, 0.2) is 33.7 Å². The molecule has 2 aromatic rings. The molecule has 194 valence electrons. The van der Waals surface area contributed by atoms with Crippen molar-refractivity contribution < 1.29 is 34.1 Å². The van der Waals surface area contributed by atoms with Gasteiger partial charge in [0.15, 0.2) is 0 Å². The topological polar surface area (TPSA) is 25.8 Å². The van der Waals surface area contributed by atoms with Crippen LogP contribution in [0.1, 0.15) is 11.1 Å². The molecule has 0 atom stereocenters. The summed E-state index contributed by atoms with van der Waals surface area (Å²) in [5.41, 5.74) is 3.52. The van der Waals surface area contributed by atoms with Crippen LogP contribution in [-0.2, 0) is 34.1 Å². The smallest absolute Gasteiger partial charge is 0.262 e. The summed E-state index contributed by atoms with van der Waals surface area (Å²) in [4.78, 5) is 8.60. The Morgan fingerprint density at radius 3 is 1.00 bits per heavy atom. The monoisotopic (exact) mass is 728 g/mol. The number of nitrogens with zero attached hydrogens (tertiary/aromatic N) is 2. The Kier molecular flexibility index (Phi) is 18.1. The summed E-state index contributed by atoms with van der Waals surface area (Å²) >= 11 is 7.28. The van der Waals surface area contributed by atoms with Gasteiger partial charge in [-0.15, -0.1) is 0 Å². The molecule has 2 nitrogen and oxygen atoms in total. The van der Waals surface area contributed by atoms with Crippen LogP contribution >= 0.6 is 31.9 Å². The van der Waals surface area contributed by atoms with E-state index in [4.69, 9.17) is 0 Å². The summed E-state index contributed by atoms with van der Waals surface area (Å²) in [5.74, 6) is 14.8. The van der Waals surface area contributed by atoms with Gasteiger partial charge in [0.1, 0.15) is 0 Å². The van der Waals surface area contributed by atoms with E-state index < -0.39 is 0 Å². The number of pyridine rings is 2. The predicted octanol–water partition coefficient (Wildman–Crippen LogP) is 7.22. The van der Waals surface area contributed by atoms with Crippen LogP contribution in [0.3, 0.4) is 0 Å². The van der Waals surface area contributed by atoms with Crippen molar-refractivity contribution in [3.05, 3.63) is 172 Å². The van der Waals surface area contributed by atoms with Crippen molar-refractivity contribution in [2.24, 2.45) is 0 Å². The molecule has 0 N–H and O–H groups in total. The van der Waals surface area contributed by atoms with Crippen LogP contribution in [-0.4, -0.2) is 9.97 Å². The summed E-state index contributed by atoms with van der Waals surface area (Å²) < 4.78 is 1.70. The summed E-state index contributed by atoms with van der Waals surface area (Å²) in [7, 11) is 0. The zero-order valence-corrected chi connectivity index (χ0v) is 26.4. The van der Waals surface area contributed by atoms with Gasteiger partial charge >= 0.3 is 34.1 Å². The first-order chi connectivity index (χ1) is 18.7. The number of halogens is 2. The first-order valence-corrected chi connectivity index (χ1v) is 13.4. The van der Waals surface area contributed by atoms with Crippen LogP contribution in [0.2, 0.25) is 0 Å². The third kappa shape index (κ3) is 11.6. The molecule has 2 heterocycles. The minimum Gasteiger partial charge on any atom is -0.262 e. The van der Waals surface area contributed by atoms with Crippen molar-refractivity contribution in [1.82, 2.24) is 9.97 Å². The van der Waals surface area contributed by atoms with Crippen molar-refractivity contribution in [1.29, 1.82) is 0 Å². The fourth-order valence-electron chi connectivity index (χ4n) is 3.40. The summed E-state index contributed by atoms with van der Waals surface area (Å²) in [6.45, 7) is 0. The maximum atomic E-state index is 4.30. The molecule has 0 bridgehead atoms. The molecule has 2 aromatic heterocycles. The van der Waals surface area contributed by atoms with Gasteiger partial charge in [-0.05, 0) is 147 Å². The molecule has 4 saturated carbocycles. The fraction of sp³-hybridized carbons (Fsp3) is 0. The van der Waals surface area contributed by atoms with E-state index in [1.54, 1.807) is 24.8 Å². The van der Waals surface area contributed by atoms with E-state index in [-0.39, 0.29) is 34.1 Å². The molecule has 0 amide bonds. The fourth-order valence-corrected chi connectivity index (χ4v) is 4.46. The maximum absolute atomic E-state index is 4.30. The zero-order valence-electron chi connectivity index (χ0n) is 21.1. The molecule has 4 aliphatic carbocycles. The number of hydrogen-bond acceptors (Lipinski definition) is 2. The van der Waals surface area contributed by atoms with Crippen LogP contribution in [0.5, 0.6) is 0 Å². The summed E-state index contributed by atoms with van der Waals surface area (Å²) in [6, 6.07) is 0. The molecule has 6 rings (SSSR count). The molecule has 0 unspecified atom stereocenters. The quantitative estimate of drug-likeness (QED) is 0.229. The minimum atomic E-state index is 0. The van der Waals surface area contributed by atoms with Crippen LogP contribution in [0.4, 0.5) is 0 Å². The van der Waals surface area contributed by atoms with Crippen molar-refractivity contribution in [3.8, 4) is 34.8 Å². The number of rotatable bonds is 1. The maximum Gasteiger partial charge on any atom is 2.00 e. The standard InChI is InChI=1S/C24H12Br2N2.2C5H5.2Fe/c25-21-15-27-13-19(11-9-17-5-1-2-6-17)23(21)24-20(14-28-16-22(24)26)12-10-18-7-3-4-8-18;2*1-2-4-5-3-1;;/h1-8,13-16H;2*1-5H;;/q;;;2*+2. The second kappa shape index (κ2) is 20.3. The Hall–Kier alpha value is -0.581. The zero-order chi connectivity index (χ0) is 26.4. The first-order valence-electron chi connectivity index (χ1n) is 11.8. The van der Waals surface area contributed by atoms with Crippen molar-refractivity contribution in [2.75, 3.05) is 0 Å². The van der Waals surface area contributed by atoms with Crippen molar-refractivity contribution in [3.63, 3.8) is 0 Å². The molecular formula is C34H22Br2Fe2N2+4. The van der Waals surface area contributed by atoms with E-state index >= 15 is 0 Å². The molecule has 4 fully saturated rings. The first kappa shape index (κ1) is 35.6. The summed E-state index contributed by atoms with van der Waals surface area (Å²) in [6.07, 6.45) is 42.9. The third-order valence-corrected chi connectivity index (χ3v) is 6.37. The Morgan fingerprint density at radius 1 is 0.400 bits per heavy atom. The van der Waals surface area contributed by atoms with E-state index in [1.165, 1.54) is 0 Å². The van der Waals surface area contributed by atoms with Gasteiger partial charge in [-0.25, -0.2) is 0 Å². The SMILES string of the molecule is Brc1cncc(C#C[C]2[CH][CH][CH][CH]2)c1-c1c(Br)cncc1C#C[C]1[CH][CH][CH][CH]1.[CH]1[CH][CH][CH][CH]1.[CH]1[CH][CH][CH][CH]1.[Fe+2].[Fe+2]. The van der Waals surface area contributed by atoms with Gasteiger partial charge in [0.05, 0.1) is 23.0 Å². The Bertz CT molecular complexity index is 1040. The predicted molar refractivity (Wildman–Crippen MR) is 161 cm³/mol. The molecule has 0 spiro atoms. The minimum absolute atomic E-state index is 0. The largest absolute Gasteiger partial charge is 2.00 e. The molecule has 0 aliphatic heterocycles. The molecular weight excluding hydrogens is 708 g/mol. The normalized spacial score (nSPS) is 17.9. The van der Waals surface area contributed by atoms with E-state index in [0.717, 1.165) is 43.0 Å². The van der Waals surface area contributed by atoms with Gasteiger partial charge in [-0.1, -0.05) is 23.7 Å². The molecule has 6 heteroatoms. The molecule has 40 heavy (non-hydrogen) atoms. The third-order valence-electron chi connectivity index (χ3n) is 5.17.